The lowest BCUT2D eigenvalue weighted by molar-refractivity contribution is -0.124. The van der Waals surface area contributed by atoms with Gasteiger partial charge in [0.15, 0.2) is 0 Å². The predicted molar refractivity (Wildman–Crippen MR) is 118 cm³/mol. The zero-order chi connectivity index (χ0) is 23.1. The maximum Gasteiger partial charge on any atom is 0.254 e. The molecule has 1 aliphatic carbocycles. The number of methoxy groups -OCH3 is 3. The van der Waals surface area contributed by atoms with E-state index in [9.17, 15) is 14.4 Å². The van der Waals surface area contributed by atoms with Crippen molar-refractivity contribution in [2.75, 3.05) is 39.7 Å². The molecule has 0 bridgehead atoms. The first kappa shape index (κ1) is 22.9. The van der Waals surface area contributed by atoms with E-state index in [1.54, 1.807) is 49.6 Å². The van der Waals surface area contributed by atoms with Crippen molar-refractivity contribution in [1.82, 2.24) is 10.2 Å². The number of carbonyl (C=O) groups is 3. The van der Waals surface area contributed by atoms with Crippen LogP contribution in [-0.4, -0.2) is 63.1 Å². The molecule has 0 radical (unpaired) electrons. The van der Waals surface area contributed by atoms with E-state index in [-0.39, 0.29) is 30.9 Å². The van der Waals surface area contributed by atoms with Gasteiger partial charge in [-0.3, -0.25) is 14.4 Å². The molecule has 2 aromatic carbocycles. The van der Waals surface area contributed by atoms with Crippen molar-refractivity contribution in [2.24, 2.45) is 0 Å². The van der Waals surface area contributed by atoms with Crippen molar-refractivity contribution in [1.29, 1.82) is 0 Å². The van der Waals surface area contributed by atoms with Crippen LogP contribution < -0.4 is 24.8 Å². The Kier molecular flexibility index (Phi) is 7.54. The number of rotatable bonds is 10. The van der Waals surface area contributed by atoms with Gasteiger partial charge >= 0.3 is 0 Å². The Morgan fingerprint density at radius 1 is 0.875 bits per heavy atom. The van der Waals surface area contributed by atoms with Crippen LogP contribution in [0.5, 0.6) is 17.2 Å². The summed E-state index contributed by atoms with van der Waals surface area (Å²) in [7, 11) is 4.57. The van der Waals surface area contributed by atoms with Crippen LogP contribution in [0.2, 0.25) is 0 Å². The van der Waals surface area contributed by atoms with Crippen LogP contribution in [0.15, 0.2) is 42.5 Å². The highest BCUT2D eigenvalue weighted by molar-refractivity contribution is 5.99. The fraction of sp³-hybridized carbons (Fsp3) is 0.348. The third kappa shape index (κ3) is 6.13. The summed E-state index contributed by atoms with van der Waals surface area (Å²) in [5.74, 6) is 0.582. The molecule has 0 saturated heterocycles. The first-order valence-electron chi connectivity index (χ1n) is 10.2. The zero-order valence-corrected chi connectivity index (χ0v) is 18.3. The Morgan fingerprint density at radius 3 is 2.00 bits per heavy atom. The smallest absolute Gasteiger partial charge is 0.254 e. The van der Waals surface area contributed by atoms with Crippen molar-refractivity contribution in [2.45, 2.75) is 18.9 Å². The van der Waals surface area contributed by atoms with Gasteiger partial charge < -0.3 is 29.7 Å². The number of nitrogens with one attached hydrogen (secondary N) is 2. The molecular formula is C23H27N3O6. The molecule has 2 aromatic rings. The maximum absolute atomic E-state index is 13.1. The molecule has 1 saturated carbocycles. The molecule has 170 valence electrons. The van der Waals surface area contributed by atoms with Crippen LogP contribution in [0.25, 0.3) is 0 Å². The molecule has 3 amide bonds. The molecule has 0 aromatic heterocycles. The van der Waals surface area contributed by atoms with Gasteiger partial charge in [0.1, 0.15) is 23.8 Å². The largest absolute Gasteiger partial charge is 0.497 e. The van der Waals surface area contributed by atoms with Crippen molar-refractivity contribution < 1.29 is 28.6 Å². The Morgan fingerprint density at radius 2 is 1.47 bits per heavy atom. The van der Waals surface area contributed by atoms with E-state index in [0.717, 1.165) is 12.8 Å². The molecule has 3 rings (SSSR count). The summed E-state index contributed by atoms with van der Waals surface area (Å²) in [6.07, 6.45) is 1.66. The Balaban J connectivity index is 1.57. The van der Waals surface area contributed by atoms with Gasteiger partial charge in [-0.05, 0) is 49.2 Å². The van der Waals surface area contributed by atoms with E-state index < -0.39 is 5.91 Å². The summed E-state index contributed by atoms with van der Waals surface area (Å²) in [6.45, 7) is -0.344. The molecule has 0 unspecified atom stereocenters. The number of hydrogen-bond acceptors (Lipinski definition) is 6. The number of carbonyl (C=O) groups excluding carboxylic acids is 3. The lowest BCUT2D eigenvalue weighted by atomic mass is 10.1. The van der Waals surface area contributed by atoms with Crippen LogP contribution in [0.4, 0.5) is 5.69 Å². The quantitative estimate of drug-likeness (QED) is 0.585. The third-order valence-electron chi connectivity index (χ3n) is 4.98. The molecule has 1 aliphatic rings. The summed E-state index contributed by atoms with van der Waals surface area (Å²) in [4.78, 5) is 39.2. The highest BCUT2D eigenvalue weighted by Gasteiger charge is 2.34. The van der Waals surface area contributed by atoms with Gasteiger partial charge in [-0.15, -0.1) is 0 Å². The summed E-state index contributed by atoms with van der Waals surface area (Å²) in [5.41, 5.74) is 0.963. The van der Waals surface area contributed by atoms with Gasteiger partial charge in [0, 0.05) is 23.4 Å². The average molecular weight is 441 g/mol. The minimum Gasteiger partial charge on any atom is -0.497 e. The molecule has 2 N–H and O–H groups in total. The maximum atomic E-state index is 13.1. The fourth-order valence-corrected chi connectivity index (χ4v) is 3.12. The van der Waals surface area contributed by atoms with Crippen molar-refractivity contribution in [3.63, 3.8) is 0 Å². The topological polar surface area (TPSA) is 106 Å². The summed E-state index contributed by atoms with van der Waals surface area (Å²) < 4.78 is 15.5. The Hall–Kier alpha value is -3.75. The third-order valence-corrected chi connectivity index (χ3v) is 4.98. The first-order chi connectivity index (χ1) is 15.4. The molecule has 9 heteroatoms. The summed E-state index contributed by atoms with van der Waals surface area (Å²) in [5, 5.41) is 5.26. The fourth-order valence-electron chi connectivity index (χ4n) is 3.12. The highest BCUT2D eigenvalue weighted by atomic mass is 16.5. The lowest BCUT2D eigenvalue weighted by Gasteiger charge is -2.22. The van der Waals surface area contributed by atoms with Gasteiger partial charge in [-0.25, -0.2) is 0 Å². The predicted octanol–water partition coefficient (Wildman–Crippen LogP) is 2.07. The van der Waals surface area contributed by atoms with E-state index in [0.29, 0.717) is 28.5 Å². The van der Waals surface area contributed by atoms with Crippen molar-refractivity contribution in [3.8, 4) is 17.2 Å². The van der Waals surface area contributed by atoms with Crippen LogP contribution in [0, 0.1) is 0 Å². The number of benzene rings is 2. The SMILES string of the molecule is COc1ccc(NC(=O)CNC(=O)CN(C(=O)c2cc(OC)cc(OC)c2)C2CC2)cc1. The molecule has 1 fully saturated rings. The number of anilines is 1. The molecular weight excluding hydrogens is 414 g/mol. The Bertz CT molecular complexity index is 950. The van der Waals surface area contributed by atoms with Crippen molar-refractivity contribution in [3.05, 3.63) is 48.0 Å². The van der Waals surface area contributed by atoms with Crippen LogP contribution in [-0.2, 0) is 9.59 Å². The molecule has 0 atom stereocenters. The van der Waals surface area contributed by atoms with E-state index in [1.165, 1.54) is 19.1 Å². The standard InChI is InChI=1S/C23H27N3O6/c1-30-18-8-4-16(5-9-18)25-21(27)13-24-22(28)14-26(17-6-7-17)23(29)15-10-19(31-2)12-20(11-15)32-3/h4-5,8-12,17H,6-7,13-14H2,1-3H3,(H,24,28)(H,25,27). The normalized spacial score (nSPS) is 12.5. The monoisotopic (exact) mass is 441 g/mol. The minimum atomic E-state index is -0.412. The highest BCUT2D eigenvalue weighted by Crippen LogP contribution is 2.30. The van der Waals surface area contributed by atoms with Gasteiger partial charge in [-0.1, -0.05) is 0 Å². The van der Waals surface area contributed by atoms with E-state index >= 15 is 0 Å². The van der Waals surface area contributed by atoms with Gasteiger partial charge in [0.05, 0.1) is 27.9 Å². The number of ether oxygens (including phenoxy) is 3. The minimum absolute atomic E-state index is 0.00132. The first-order valence-corrected chi connectivity index (χ1v) is 10.2. The molecule has 9 nitrogen and oxygen atoms in total. The lowest BCUT2D eigenvalue weighted by Crippen LogP contribution is -2.43. The van der Waals surface area contributed by atoms with Gasteiger partial charge in [-0.2, -0.15) is 0 Å². The second kappa shape index (κ2) is 10.5. The molecule has 0 heterocycles. The molecule has 0 aliphatic heterocycles. The number of hydrogen-bond donors (Lipinski definition) is 2. The van der Waals surface area contributed by atoms with Crippen molar-refractivity contribution >= 4 is 23.4 Å². The number of nitrogens with zero attached hydrogens (tertiary/aromatic N) is 1. The molecule has 32 heavy (non-hydrogen) atoms. The Labute approximate surface area is 186 Å². The second-order valence-corrected chi connectivity index (χ2v) is 7.32. The van der Waals surface area contributed by atoms with Gasteiger partial charge in [0.25, 0.3) is 5.91 Å². The van der Waals surface area contributed by atoms with E-state index in [2.05, 4.69) is 10.6 Å². The van der Waals surface area contributed by atoms with Crippen LogP contribution in [0.1, 0.15) is 23.2 Å². The van der Waals surface area contributed by atoms with Gasteiger partial charge in [0.2, 0.25) is 11.8 Å². The zero-order valence-electron chi connectivity index (χ0n) is 18.3. The second-order valence-electron chi connectivity index (χ2n) is 7.32. The van der Waals surface area contributed by atoms with E-state index in [1.807, 2.05) is 0 Å². The summed E-state index contributed by atoms with van der Waals surface area (Å²) in [6, 6.07) is 11.7. The number of amides is 3. The van der Waals surface area contributed by atoms with E-state index in [4.69, 9.17) is 14.2 Å². The average Bonchev–Trinajstić information content (AvgIpc) is 3.66. The van der Waals surface area contributed by atoms with Crippen LogP contribution in [0.3, 0.4) is 0 Å². The van der Waals surface area contributed by atoms with Crippen LogP contribution >= 0.6 is 0 Å². The molecule has 0 spiro atoms. The summed E-state index contributed by atoms with van der Waals surface area (Å²) >= 11 is 0.